The predicted molar refractivity (Wildman–Crippen MR) is 84.6 cm³/mol. The van der Waals surface area contributed by atoms with E-state index in [0.29, 0.717) is 5.92 Å². The zero-order valence-electron chi connectivity index (χ0n) is 13.3. The third kappa shape index (κ3) is 4.66. The Morgan fingerprint density at radius 3 is 2.86 bits per heavy atom. The van der Waals surface area contributed by atoms with Crippen LogP contribution in [0.3, 0.4) is 0 Å². The quantitative estimate of drug-likeness (QED) is 0.708. The van der Waals surface area contributed by atoms with Crippen LogP contribution in [0.25, 0.3) is 0 Å². The molecule has 0 saturated heterocycles. The largest absolute Gasteiger partial charge is 0.393 e. The minimum Gasteiger partial charge on any atom is -0.393 e. The average Bonchev–Trinajstić information content (AvgIpc) is 2.42. The number of hydrogen-bond acceptors (Lipinski definition) is 5. The SMILES string of the molecule is COCCNCc1cnc(N(C)CC2CC(O)C2)c(C)c1. The molecule has 0 amide bonds. The van der Waals surface area contributed by atoms with Crippen molar-refractivity contribution in [1.29, 1.82) is 0 Å². The van der Waals surface area contributed by atoms with Gasteiger partial charge in [-0.2, -0.15) is 0 Å². The van der Waals surface area contributed by atoms with Crippen LogP contribution in [0, 0.1) is 12.8 Å². The number of rotatable bonds is 8. The van der Waals surface area contributed by atoms with Crippen LogP contribution in [0.2, 0.25) is 0 Å². The van der Waals surface area contributed by atoms with Gasteiger partial charge in [-0.3, -0.25) is 0 Å². The van der Waals surface area contributed by atoms with E-state index in [2.05, 4.69) is 35.2 Å². The summed E-state index contributed by atoms with van der Waals surface area (Å²) in [5.74, 6) is 1.64. The summed E-state index contributed by atoms with van der Waals surface area (Å²) in [6.07, 6.45) is 3.70. The summed E-state index contributed by atoms with van der Waals surface area (Å²) in [7, 11) is 3.79. The first-order valence-electron chi connectivity index (χ1n) is 7.64. The lowest BCUT2D eigenvalue weighted by molar-refractivity contribution is 0.0464. The zero-order chi connectivity index (χ0) is 15.2. The number of ether oxygens (including phenoxy) is 1. The first-order chi connectivity index (χ1) is 10.1. The number of pyridine rings is 1. The lowest BCUT2D eigenvalue weighted by Gasteiger charge is -2.35. The maximum atomic E-state index is 9.36. The second kappa shape index (κ2) is 7.73. The molecule has 1 aromatic heterocycles. The summed E-state index contributed by atoms with van der Waals surface area (Å²) >= 11 is 0. The van der Waals surface area contributed by atoms with E-state index in [-0.39, 0.29) is 6.10 Å². The minimum absolute atomic E-state index is 0.0852. The van der Waals surface area contributed by atoms with Crippen LogP contribution in [0.15, 0.2) is 12.3 Å². The first kappa shape index (κ1) is 16.2. The van der Waals surface area contributed by atoms with Crippen molar-refractivity contribution in [3.63, 3.8) is 0 Å². The Labute approximate surface area is 127 Å². The second-order valence-electron chi connectivity index (χ2n) is 6.03. The van der Waals surface area contributed by atoms with Gasteiger partial charge in [0.15, 0.2) is 0 Å². The molecule has 1 fully saturated rings. The van der Waals surface area contributed by atoms with Crippen molar-refractivity contribution in [3.8, 4) is 0 Å². The molecule has 1 heterocycles. The fourth-order valence-corrected chi connectivity index (χ4v) is 2.85. The van der Waals surface area contributed by atoms with Gasteiger partial charge in [-0.05, 0) is 42.9 Å². The van der Waals surface area contributed by atoms with Crippen LogP contribution in [-0.2, 0) is 11.3 Å². The minimum atomic E-state index is -0.0852. The Bertz CT molecular complexity index is 447. The van der Waals surface area contributed by atoms with Gasteiger partial charge < -0.3 is 20.1 Å². The van der Waals surface area contributed by atoms with Crippen molar-refractivity contribution in [2.24, 2.45) is 5.92 Å². The van der Waals surface area contributed by atoms with Crippen molar-refractivity contribution in [1.82, 2.24) is 10.3 Å². The van der Waals surface area contributed by atoms with Crippen LogP contribution < -0.4 is 10.2 Å². The fourth-order valence-electron chi connectivity index (χ4n) is 2.85. The Morgan fingerprint density at radius 1 is 1.48 bits per heavy atom. The molecular weight excluding hydrogens is 266 g/mol. The number of aryl methyl sites for hydroxylation is 1. The summed E-state index contributed by atoms with van der Waals surface area (Å²) in [4.78, 5) is 6.80. The van der Waals surface area contributed by atoms with Crippen LogP contribution in [-0.4, -0.2) is 50.0 Å². The van der Waals surface area contributed by atoms with E-state index in [4.69, 9.17) is 4.74 Å². The topological polar surface area (TPSA) is 57.6 Å². The van der Waals surface area contributed by atoms with E-state index >= 15 is 0 Å². The van der Waals surface area contributed by atoms with Gasteiger partial charge in [0.05, 0.1) is 12.7 Å². The highest BCUT2D eigenvalue weighted by Gasteiger charge is 2.28. The molecule has 0 spiro atoms. The summed E-state index contributed by atoms with van der Waals surface area (Å²) in [6.45, 7) is 5.46. The van der Waals surface area contributed by atoms with Crippen molar-refractivity contribution in [2.75, 3.05) is 38.8 Å². The number of aliphatic hydroxyl groups is 1. The highest BCUT2D eigenvalue weighted by molar-refractivity contribution is 5.46. The zero-order valence-corrected chi connectivity index (χ0v) is 13.3. The van der Waals surface area contributed by atoms with Crippen molar-refractivity contribution in [2.45, 2.75) is 32.4 Å². The molecule has 5 heteroatoms. The van der Waals surface area contributed by atoms with E-state index in [1.807, 2.05) is 6.20 Å². The van der Waals surface area contributed by atoms with Gasteiger partial charge >= 0.3 is 0 Å². The standard InChI is InChI=1S/C16H27N3O2/c1-12-6-14(9-17-4-5-21-3)10-18-16(12)19(2)11-13-7-15(20)8-13/h6,10,13,15,17,20H,4-5,7-9,11H2,1-3H3. The third-order valence-electron chi connectivity index (χ3n) is 4.02. The highest BCUT2D eigenvalue weighted by atomic mass is 16.5. The third-order valence-corrected chi connectivity index (χ3v) is 4.02. The molecule has 2 rings (SSSR count). The number of methoxy groups -OCH3 is 1. The van der Waals surface area contributed by atoms with Crippen molar-refractivity contribution < 1.29 is 9.84 Å². The fraction of sp³-hybridized carbons (Fsp3) is 0.688. The summed E-state index contributed by atoms with van der Waals surface area (Å²) < 4.78 is 5.01. The Balaban J connectivity index is 1.85. The monoisotopic (exact) mass is 293 g/mol. The summed E-state index contributed by atoms with van der Waals surface area (Å²) in [5, 5.41) is 12.7. The molecule has 0 aromatic carbocycles. The Morgan fingerprint density at radius 2 is 2.24 bits per heavy atom. The molecule has 1 aliphatic rings. The molecule has 118 valence electrons. The smallest absolute Gasteiger partial charge is 0.131 e. The van der Waals surface area contributed by atoms with Crippen LogP contribution in [0.5, 0.6) is 0 Å². The molecule has 5 nitrogen and oxygen atoms in total. The van der Waals surface area contributed by atoms with Crippen LogP contribution in [0.4, 0.5) is 5.82 Å². The number of aliphatic hydroxyl groups excluding tert-OH is 1. The molecule has 0 unspecified atom stereocenters. The van der Waals surface area contributed by atoms with Gasteiger partial charge in [0.1, 0.15) is 5.82 Å². The van der Waals surface area contributed by atoms with Gasteiger partial charge in [0.2, 0.25) is 0 Å². The number of nitrogens with zero attached hydrogens (tertiary/aromatic N) is 2. The maximum absolute atomic E-state index is 9.36. The molecule has 21 heavy (non-hydrogen) atoms. The summed E-state index contributed by atoms with van der Waals surface area (Å²) in [6, 6.07) is 2.19. The van der Waals surface area contributed by atoms with E-state index in [9.17, 15) is 5.11 Å². The van der Waals surface area contributed by atoms with E-state index in [0.717, 1.165) is 44.9 Å². The molecule has 1 aliphatic carbocycles. The number of aromatic nitrogens is 1. The van der Waals surface area contributed by atoms with E-state index in [1.54, 1.807) is 7.11 Å². The number of anilines is 1. The molecule has 0 aliphatic heterocycles. The lowest BCUT2D eigenvalue weighted by atomic mass is 9.82. The molecule has 2 N–H and O–H groups in total. The molecule has 1 aromatic rings. The Hall–Kier alpha value is -1.17. The van der Waals surface area contributed by atoms with Crippen molar-refractivity contribution in [3.05, 3.63) is 23.4 Å². The Kier molecular flexibility index (Phi) is 5.96. The normalized spacial score (nSPS) is 21.1. The van der Waals surface area contributed by atoms with Crippen molar-refractivity contribution >= 4 is 5.82 Å². The van der Waals surface area contributed by atoms with Gasteiger partial charge in [0.25, 0.3) is 0 Å². The highest BCUT2D eigenvalue weighted by Crippen LogP contribution is 2.29. The first-order valence-corrected chi connectivity index (χ1v) is 7.64. The molecule has 1 saturated carbocycles. The molecular formula is C16H27N3O2. The second-order valence-corrected chi connectivity index (χ2v) is 6.03. The van der Waals surface area contributed by atoms with E-state index < -0.39 is 0 Å². The molecule has 0 atom stereocenters. The number of hydrogen-bond donors (Lipinski definition) is 2. The molecule has 0 radical (unpaired) electrons. The van der Waals surface area contributed by atoms with Crippen LogP contribution in [0.1, 0.15) is 24.0 Å². The van der Waals surface area contributed by atoms with Gasteiger partial charge in [-0.1, -0.05) is 0 Å². The number of nitrogens with one attached hydrogen (secondary N) is 1. The van der Waals surface area contributed by atoms with Crippen LogP contribution >= 0.6 is 0 Å². The lowest BCUT2D eigenvalue weighted by Crippen LogP contribution is -2.37. The summed E-state index contributed by atoms with van der Waals surface area (Å²) in [5.41, 5.74) is 2.39. The molecule has 0 bridgehead atoms. The average molecular weight is 293 g/mol. The van der Waals surface area contributed by atoms with E-state index in [1.165, 1.54) is 11.1 Å². The maximum Gasteiger partial charge on any atom is 0.131 e. The predicted octanol–water partition coefficient (Wildman–Crippen LogP) is 1.33. The van der Waals surface area contributed by atoms with Gasteiger partial charge in [-0.15, -0.1) is 0 Å². The van der Waals surface area contributed by atoms with Gasteiger partial charge in [0, 0.05) is 40.0 Å². The van der Waals surface area contributed by atoms with Gasteiger partial charge in [-0.25, -0.2) is 4.98 Å².